The first-order valence-electron chi connectivity index (χ1n) is 14.7. The first kappa shape index (κ1) is 25.4. The summed E-state index contributed by atoms with van der Waals surface area (Å²) >= 11 is 0. The number of rotatable bonds is 1. The maximum atomic E-state index is 12.6. The van der Waals surface area contributed by atoms with Crippen LogP contribution in [0.4, 0.5) is 0 Å². The molecule has 0 aromatic heterocycles. The van der Waals surface area contributed by atoms with E-state index in [0.717, 1.165) is 0 Å². The number of carbonyl (C=O) groups is 2. The van der Waals surface area contributed by atoms with Gasteiger partial charge in [0.25, 0.3) is 0 Å². The Kier molecular flexibility index (Phi) is 4.57. The Morgan fingerprint density at radius 3 is 2.28 bits per heavy atom. The molecule has 3 aliphatic carbocycles. The summed E-state index contributed by atoms with van der Waals surface area (Å²) in [6.45, 7) is 9.87. The second kappa shape index (κ2) is 7.01. The van der Waals surface area contributed by atoms with E-state index in [1.54, 1.807) is 6.92 Å². The van der Waals surface area contributed by atoms with Crippen LogP contribution in [0.15, 0.2) is 0 Å². The molecule has 39 heavy (non-hydrogen) atoms. The highest BCUT2D eigenvalue weighted by Crippen LogP contribution is 2.73. The lowest BCUT2D eigenvalue weighted by Gasteiger charge is -2.59. The highest BCUT2D eigenvalue weighted by molar-refractivity contribution is 5.86. The minimum atomic E-state index is -1.38. The summed E-state index contributed by atoms with van der Waals surface area (Å²) in [5.74, 6) is -1.51. The Balaban J connectivity index is 1.18. The maximum absolute atomic E-state index is 12.6. The van der Waals surface area contributed by atoms with Crippen molar-refractivity contribution < 1.29 is 48.6 Å². The van der Waals surface area contributed by atoms with Gasteiger partial charge in [0.1, 0.15) is 23.9 Å². The molecule has 216 valence electrons. The molecule has 5 aliphatic heterocycles. The highest BCUT2D eigenvalue weighted by Gasteiger charge is 2.81. The van der Waals surface area contributed by atoms with Crippen LogP contribution in [0.1, 0.15) is 73.1 Å². The Morgan fingerprint density at radius 1 is 0.897 bits per heavy atom. The van der Waals surface area contributed by atoms with Gasteiger partial charge >= 0.3 is 11.9 Å². The molecular weight excluding hydrogens is 508 g/mol. The topological polar surface area (TPSA) is 144 Å². The van der Waals surface area contributed by atoms with Crippen LogP contribution >= 0.6 is 0 Å². The molecule has 0 bridgehead atoms. The molecule has 0 radical (unpaired) electrons. The minimum Gasteiger partial charge on any atom is -0.454 e. The van der Waals surface area contributed by atoms with Gasteiger partial charge < -0.3 is 39.0 Å². The van der Waals surface area contributed by atoms with Crippen molar-refractivity contribution in [3.63, 3.8) is 0 Å². The molecule has 3 saturated carbocycles. The molecule has 15 atom stereocenters. The van der Waals surface area contributed by atoms with Crippen LogP contribution in [0.5, 0.6) is 0 Å². The zero-order valence-electron chi connectivity index (χ0n) is 23.2. The molecule has 0 aromatic carbocycles. The largest absolute Gasteiger partial charge is 0.454 e. The number of hydrogen-bond acceptors (Lipinski definition) is 10. The van der Waals surface area contributed by atoms with Gasteiger partial charge in [0, 0.05) is 17.8 Å². The second-order valence-corrected chi connectivity index (χ2v) is 14.9. The Morgan fingerprint density at radius 2 is 1.62 bits per heavy atom. The van der Waals surface area contributed by atoms with Crippen molar-refractivity contribution in [1.82, 2.24) is 0 Å². The maximum Gasteiger partial charge on any atom is 0.341 e. The van der Waals surface area contributed by atoms with Crippen LogP contribution in [0.25, 0.3) is 0 Å². The zero-order chi connectivity index (χ0) is 27.7. The van der Waals surface area contributed by atoms with E-state index in [2.05, 4.69) is 13.8 Å². The summed E-state index contributed by atoms with van der Waals surface area (Å²) in [6, 6.07) is 0. The standard InChI is InChI=1S/C29H40O10/c1-12-13-10-16(30)25(4)15-7-6-14-24(2,3)37-20-17(31)22(32)39-28(14,20)11-27(15,34)8-9-29(13,25)36-18(12)19-21-26(5,38-21)23(33)35-19/h12-21,30-31,34H,6-11H2,1-5H3/t12-,13+,14-,15-,16-,17+,18-,19?,20+,21-,25-,26-,27-,28+,29-/m0/s1. The van der Waals surface area contributed by atoms with Crippen LogP contribution in [0, 0.1) is 29.1 Å². The van der Waals surface area contributed by atoms with Crippen molar-refractivity contribution in [1.29, 1.82) is 0 Å². The molecule has 3 N–H and O–H groups in total. The number of epoxide rings is 1. The molecule has 5 saturated heterocycles. The first-order valence-corrected chi connectivity index (χ1v) is 14.7. The van der Waals surface area contributed by atoms with Gasteiger partial charge in [0.15, 0.2) is 17.8 Å². The van der Waals surface area contributed by atoms with E-state index < -0.39 is 63.8 Å². The minimum absolute atomic E-state index is 0.0309. The fourth-order valence-electron chi connectivity index (χ4n) is 11.2. The first-order chi connectivity index (χ1) is 18.1. The lowest BCUT2D eigenvalue weighted by Crippen LogP contribution is -2.66. The number of aliphatic hydroxyl groups excluding tert-OH is 2. The highest BCUT2D eigenvalue weighted by atomic mass is 16.7. The van der Waals surface area contributed by atoms with E-state index in [4.69, 9.17) is 23.7 Å². The van der Waals surface area contributed by atoms with Gasteiger partial charge in [-0.2, -0.15) is 0 Å². The van der Waals surface area contributed by atoms with E-state index in [1.165, 1.54) is 0 Å². The predicted octanol–water partition coefficient (Wildman–Crippen LogP) is 1.01. The van der Waals surface area contributed by atoms with Crippen molar-refractivity contribution in [3.8, 4) is 0 Å². The summed E-state index contributed by atoms with van der Waals surface area (Å²) in [7, 11) is 0. The average Bonchev–Trinajstić information content (AvgIpc) is 3.13. The number of ether oxygens (including phenoxy) is 5. The van der Waals surface area contributed by atoms with Crippen LogP contribution in [-0.2, 0) is 33.3 Å². The molecule has 8 aliphatic rings. The van der Waals surface area contributed by atoms with Gasteiger partial charge in [0.05, 0.1) is 22.9 Å². The summed E-state index contributed by atoms with van der Waals surface area (Å²) in [5.41, 5.74) is -5.38. The third-order valence-electron chi connectivity index (χ3n) is 13.1. The van der Waals surface area contributed by atoms with Gasteiger partial charge in [-0.05, 0) is 70.6 Å². The SMILES string of the molecule is C[C@@H]1[C@@H](C2OC(=O)[C@@]3(C)O[C@@H]23)O[C@]23CC[C@]4(O)C[C@]56OC(=O)[C@H](O)[C@H]5OC(C)(C)[C@@H]6CC[C@H]4[C@@]2(C)[C@@H](O)C[C@H]13. The van der Waals surface area contributed by atoms with Crippen molar-refractivity contribution >= 4 is 11.9 Å². The van der Waals surface area contributed by atoms with Crippen LogP contribution < -0.4 is 0 Å². The summed E-state index contributed by atoms with van der Waals surface area (Å²) in [4.78, 5) is 25.1. The van der Waals surface area contributed by atoms with Gasteiger partial charge in [0.2, 0.25) is 0 Å². The van der Waals surface area contributed by atoms with Gasteiger partial charge in [-0.25, -0.2) is 9.59 Å². The zero-order valence-corrected chi connectivity index (χ0v) is 23.2. The van der Waals surface area contributed by atoms with Crippen LogP contribution in [0.2, 0.25) is 0 Å². The molecule has 10 nitrogen and oxygen atoms in total. The van der Waals surface area contributed by atoms with Crippen LogP contribution in [0.3, 0.4) is 0 Å². The van der Waals surface area contributed by atoms with Crippen molar-refractivity contribution in [2.75, 3.05) is 0 Å². The molecule has 2 spiro atoms. The molecule has 10 heteroatoms. The average molecular weight is 549 g/mol. The lowest BCUT2D eigenvalue weighted by molar-refractivity contribution is -0.255. The van der Waals surface area contributed by atoms with Gasteiger partial charge in [-0.3, -0.25) is 0 Å². The van der Waals surface area contributed by atoms with Crippen molar-refractivity contribution in [2.45, 2.75) is 138 Å². The third kappa shape index (κ3) is 2.63. The second-order valence-electron chi connectivity index (χ2n) is 14.9. The van der Waals surface area contributed by atoms with E-state index in [-0.39, 0.29) is 48.3 Å². The smallest absolute Gasteiger partial charge is 0.341 e. The Hall–Kier alpha value is -1.30. The van der Waals surface area contributed by atoms with Crippen molar-refractivity contribution in [3.05, 3.63) is 0 Å². The third-order valence-corrected chi connectivity index (χ3v) is 13.1. The number of hydrogen-bond donors (Lipinski definition) is 3. The fraction of sp³-hybridized carbons (Fsp3) is 0.931. The molecule has 5 heterocycles. The summed E-state index contributed by atoms with van der Waals surface area (Å²) < 4.78 is 30.8. The summed E-state index contributed by atoms with van der Waals surface area (Å²) in [6.07, 6.45) is -1.21. The molecule has 8 rings (SSSR count). The Bertz CT molecular complexity index is 1170. The predicted molar refractivity (Wildman–Crippen MR) is 131 cm³/mol. The van der Waals surface area contributed by atoms with Gasteiger partial charge in [-0.1, -0.05) is 13.8 Å². The van der Waals surface area contributed by atoms with Crippen molar-refractivity contribution in [2.24, 2.45) is 29.1 Å². The number of esters is 2. The number of aliphatic hydroxyl groups is 3. The monoisotopic (exact) mass is 548 g/mol. The van der Waals surface area contributed by atoms with E-state index >= 15 is 0 Å². The van der Waals surface area contributed by atoms with E-state index in [1.807, 2.05) is 13.8 Å². The number of fused-ring (bicyclic) bond motifs is 3. The number of carbonyl (C=O) groups excluding carboxylic acids is 2. The molecular formula is C29H40O10. The number of cyclic esters (lactones) is 1. The van der Waals surface area contributed by atoms with Crippen LogP contribution in [-0.4, -0.2) is 91.9 Å². The van der Waals surface area contributed by atoms with E-state index in [9.17, 15) is 24.9 Å². The molecule has 1 unspecified atom stereocenters. The normalized spacial score (nSPS) is 63.7. The summed E-state index contributed by atoms with van der Waals surface area (Å²) in [5, 5.41) is 35.0. The lowest BCUT2D eigenvalue weighted by atomic mass is 9.51. The molecule has 8 fully saturated rings. The Labute approximate surface area is 227 Å². The quantitative estimate of drug-likeness (QED) is 0.321. The fourth-order valence-corrected chi connectivity index (χ4v) is 11.2. The van der Waals surface area contributed by atoms with E-state index in [0.29, 0.717) is 32.1 Å². The van der Waals surface area contributed by atoms with Gasteiger partial charge in [-0.15, -0.1) is 0 Å². The molecule has 0 amide bonds. The molecule has 0 aromatic rings.